The third kappa shape index (κ3) is 2.66. The molecule has 0 saturated carbocycles. The molecular weight excluding hydrogens is 264 g/mol. The Morgan fingerprint density at radius 3 is 1.86 bits per heavy atom. The largest absolute Gasteiger partial charge is 0.315 e. The summed E-state index contributed by atoms with van der Waals surface area (Å²) in [6.07, 6.45) is 6.14. The van der Waals surface area contributed by atoms with Crippen molar-refractivity contribution < 1.29 is 0 Å². The Morgan fingerprint density at radius 2 is 1.62 bits per heavy atom. The Morgan fingerprint density at radius 1 is 1.05 bits per heavy atom. The zero-order valence-corrected chi connectivity index (χ0v) is 11.7. The van der Waals surface area contributed by atoms with Gasteiger partial charge in [-0.25, -0.2) is 0 Å². The zero-order chi connectivity index (χ0) is 14.7. The highest BCUT2D eigenvalue weighted by molar-refractivity contribution is 5.29. The van der Waals surface area contributed by atoms with Gasteiger partial charge in [0.1, 0.15) is 5.54 Å². The van der Waals surface area contributed by atoms with E-state index >= 15 is 0 Å². The normalized spacial score (nSPS) is 11.5. The van der Waals surface area contributed by atoms with Gasteiger partial charge in [0.25, 0.3) is 0 Å². The molecule has 2 aromatic rings. The maximum Gasteiger partial charge on any atom is 0.197 e. The van der Waals surface area contributed by atoms with Crippen molar-refractivity contribution in [3.63, 3.8) is 0 Å². The van der Waals surface area contributed by atoms with Gasteiger partial charge in [-0.2, -0.15) is 4.68 Å². The molecule has 0 saturated heterocycles. The van der Waals surface area contributed by atoms with Crippen LogP contribution >= 0.6 is 0 Å². The summed E-state index contributed by atoms with van der Waals surface area (Å²) in [5, 5.41) is 7.06. The van der Waals surface area contributed by atoms with E-state index in [-0.39, 0.29) is 0 Å². The van der Waals surface area contributed by atoms with Gasteiger partial charge in [0, 0.05) is 12.4 Å². The Labute approximate surface area is 122 Å². The van der Waals surface area contributed by atoms with Crippen LogP contribution in [0.3, 0.4) is 0 Å². The Balaban J connectivity index is 0.000000217. The number of hydrogen-bond acceptors (Lipinski definition) is 5. The fourth-order valence-corrected chi connectivity index (χ4v) is 2.03. The number of nitrogens with two attached hydrogens (primary N) is 1. The minimum absolute atomic E-state index is 0.595. The molecule has 0 aromatic carbocycles. The molecule has 6 nitrogen and oxygen atoms in total. The van der Waals surface area contributed by atoms with Gasteiger partial charge in [0.2, 0.25) is 0 Å². The standard InChI is InChI=1S/C13H15N3.C2HN3/c1-2-13(14,11-7-3-5-9-15-11)12-8-4-6-10-16-12;1-2-3-4-5(1)2/h3-10H,2,14H2,1H3;1H. The second kappa shape index (κ2) is 5.41. The second-order valence-electron chi connectivity index (χ2n) is 4.78. The van der Waals surface area contributed by atoms with Crippen molar-refractivity contribution in [3.8, 4) is 5.82 Å². The predicted octanol–water partition coefficient (Wildman–Crippen LogP) is 1.67. The lowest BCUT2D eigenvalue weighted by Gasteiger charge is -2.26. The summed E-state index contributed by atoms with van der Waals surface area (Å²) in [4.78, 5) is 8.67. The topological polar surface area (TPSA) is 82.5 Å². The fraction of sp³-hybridized carbons (Fsp3) is 0.200. The van der Waals surface area contributed by atoms with Crippen molar-refractivity contribution in [2.45, 2.75) is 18.9 Å². The van der Waals surface area contributed by atoms with Crippen molar-refractivity contribution in [1.82, 2.24) is 25.0 Å². The highest BCUT2D eigenvalue weighted by atomic mass is 15.6. The molecule has 0 unspecified atom stereocenters. The van der Waals surface area contributed by atoms with Crippen LogP contribution < -0.4 is 5.73 Å². The van der Waals surface area contributed by atoms with Gasteiger partial charge < -0.3 is 5.73 Å². The molecule has 2 aromatic heterocycles. The van der Waals surface area contributed by atoms with E-state index in [1.807, 2.05) is 49.5 Å². The van der Waals surface area contributed by atoms with E-state index in [9.17, 15) is 0 Å². The summed E-state index contributed by atoms with van der Waals surface area (Å²) >= 11 is 0. The Kier molecular flexibility index (Phi) is 3.45. The summed E-state index contributed by atoms with van der Waals surface area (Å²) in [5.74, 6) is 1.02. The molecule has 2 aliphatic rings. The first kappa shape index (κ1) is 13.4. The molecule has 106 valence electrons. The van der Waals surface area contributed by atoms with Crippen LogP contribution in [0.4, 0.5) is 0 Å². The fourth-order valence-electron chi connectivity index (χ4n) is 2.03. The first-order valence-electron chi connectivity index (χ1n) is 6.78. The second-order valence-corrected chi connectivity index (χ2v) is 4.78. The highest BCUT2D eigenvalue weighted by Gasteiger charge is 2.29. The van der Waals surface area contributed by atoms with Gasteiger partial charge in [-0.3, -0.25) is 9.97 Å². The van der Waals surface area contributed by atoms with Crippen molar-refractivity contribution in [3.05, 3.63) is 66.4 Å². The Hall–Kier alpha value is -2.60. The lowest BCUT2D eigenvalue weighted by molar-refractivity contribution is 0.488. The highest BCUT2D eigenvalue weighted by Crippen LogP contribution is 2.26. The van der Waals surface area contributed by atoms with E-state index in [0.29, 0.717) is 0 Å². The molecule has 0 spiro atoms. The maximum atomic E-state index is 6.41. The van der Waals surface area contributed by atoms with Crippen LogP contribution in [-0.2, 0) is 5.54 Å². The molecular formula is C15H16N6. The quantitative estimate of drug-likeness (QED) is 0.617. The number of aromatic nitrogens is 5. The smallest absolute Gasteiger partial charge is 0.197 e. The van der Waals surface area contributed by atoms with E-state index in [1.165, 1.54) is 0 Å². The monoisotopic (exact) mass is 280 g/mol. The molecule has 0 atom stereocenters. The minimum atomic E-state index is -0.595. The summed E-state index contributed by atoms with van der Waals surface area (Å²) in [6.45, 7) is 2.04. The average molecular weight is 280 g/mol. The molecule has 0 fully saturated rings. The lowest BCUT2D eigenvalue weighted by atomic mass is 9.88. The number of fused-ring (bicyclic) bond motifs is 1. The first-order chi connectivity index (χ1) is 10.2. The molecule has 0 bridgehead atoms. The molecule has 2 aliphatic heterocycles. The van der Waals surface area contributed by atoms with Crippen LogP contribution in [0.2, 0.25) is 0 Å². The van der Waals surface area contributed by atoms with Gasteiger partial charge >= 0.3 is 0 Å². The Bertz CT molecular complexity index is 644. The third-order valence-electron chi connectivity index (χ3n) is 3.45. The molecule has 4 heterocycles. The molecule has 4 rings (SSSR count). The lowest BCUT2D eigenvalue weighted by Crippen LogP contribution is -2.38. The molecule has 0 radical (unpaired) electrons. The number of nitrogens with zero attached hydrogens (tertiary/aromatic N) is 5. The van der Waals surface area contributed by atoms with Crippen LogP contribution in [0.1, 0.15) is 24.7 Å². The summed E-state index contributed by atoms with van der Waals surface area (Å²) in [7, 11) is 0. The predicted molar refractivity (Wildman–Crippen MR) is 78.6 cm³/mol. The minimum Gasteiger partial charge on any atom is -0.315 e. The molecule has 0 amide bonds. The van der Waals surface area contributed by atoms with Crippen LogP contribution in [0.25, 0.3) is 5.82 Å². The van der Waals surface area contributed by atoms with Gasteiger partial charge in [0.15, 0.2) is 5.82 Å². The van der Waals surface area contributed by atoms with Crippen molar-refractivity contribution in [1.29, 1.82) is 0 Å². The summed E-state index contributed by atoms with van der Waals surface area (Å²) < 4.78 is 1.72. The van der Waals surface area contributed by atoms with Gasteiger partial charge in [0.05, 0.1) is 17.6 Å². The van der Waals surface area contributed by atoms with Gasteiger partial charge in [-0.15, -0.1) is 5.10 Å². The van der Waals surface area contributed by atoms with Crippen molar-refractivity contribution in [2.24, 2.45) is 5.73 Å². The van der Waals surface area contributed by atoms with Crippen molar-refractivity contribution in [2.75, 3.05) is 0 Å². The van der Waals surface area contributed by atoms with E-state index in [2.05, 4.69) is 20.3 Å². The van der Waals surface area contributed by atoms with Crippen LogP contribution in [-0.4, -0.2) is 25.0 Å². The maximum absolute atomic E-state index is 6.41. The molecule has 2 N–H and O–H groups in total. The molecule has 0 aliphatic carbocycles. The van der Waals surface area contributed by atoms with Crippen LogP contribution in [0.5, 0.6) is 0 Å². The zero-order valence-electron chi connectivity index (χ0n) is 11.7. The van der Waals surface area contributed by atoms with E-state index < -0.39 is 5.54 Å². The third-order valence-corrected chi connectivity index (χ3v) is 3.45. The van der Waals surface area contributed by atoms with E-state index in [0.717, 1.165) is 23.6 Å². The molecule has 21 heavy (non-hydrogen) atoms. The van der Waals surface area contributed by atoms with E-state index in [4.69, 9.17) is 5.73 Å². The number of rotatable bonds is 3. The number of hydrogen-bond donors (Lipinski definition) is 1. The van der Waals surface area contributed by atoms with Crippen molar-refractivity contribution >= 4 is 0 Å². The summed E-state index contributed by atoms with van der Waals surface area (Å²) in [6, 6.07) is 11.6. The van der Waals surface area contributed by atoms with Crippen LogP contribution in [0, 0.1) is 0 Å². The SMILES string of the molecule is CCC(N)(c1ccccn1)c1ccccn1.c1c2nnn1-2. The molecule has 6 heteroatoms. The van der Waals surface area contributed by atoms with Crippen LogP contribution in [0.15, 0.2) is 55.0 Å². The van der Waals surface area contributed by atoms with E-state index in [1.54, 1.807) is 17.1 Å². The summed E-state index contributed by atoms with van der Waals surface area (Å²) in [5.41, 5.74) is 7.54. The number of pyridine rings is 2. The average Bonchev–Trinajstić information content (AvgIpc) is 3.14. The van der Waals surface area contributed by atoms with Gasteiger partial charge in [-0.1, -0.05) is 24.3 Å². The van der Waals surface area contributed by atoms with Gasteiger partial charge in [-0.05, 0) is 30.7 Å². The first-order valence-corrected chi connectivity index (χ1v) is 6.78.